The van der Waals surface area contributed by atoms with Crippen LogP contribution in [0, 0.1) is 0 Å². The molecule has 0 unspecified atom stereocenters. The Balaban J connectivity index is 1.44. The highest BCUT2D eigenvalue weighted by atomic mass is 32.1. The molecule has 6 heteroatoms. The van der Waals surface area contributed by atoms with Crippen LogP contribution in [0.5, 0.6) is 5.75 Å². The summed E-state index contributed by atoms with van der Waals surface area (Å²) in [4.78, 5) is 28.0. The van der Waals surface area contributed by atoms with E-state index in [4.69, 9.17) is 0 Å². The van der Waals surface area contributed by atoms with Gasteiger partial charge in [0.25, 0.3) is 11.8 Å². The average molecular weight is 407 g/mol. The lowest BCUT2D eigenvalue weighted by Gasteiger charge is -2.32. The third-order valence-electron chi connectivity index (χ3n) is 5.30. The number of hydrogen-bond donors (Lipinski definition) is 2. The third-order valence-corrected chi connectivity index (χ3v) is 6.17. The lowest BCUT2D eigenvalue weighted by Crippen LogP contribution is -2.38. The van der Waals surface area contributed by atoms with Crippen molar-refractivity contribution < 1.29 is 14.7 Å². The van der Waals surface area contributed by atoms with Crippen LogP contribution in [-0.2, 0) is 0 Å². The van der Waals surface area contributed by atoms with E-state index in [1.165, 1.54) is 16.9 Å². The summed E-state index contributed by atoms with van der Waals surface area (Å²) >= 11 is 1.37. The second kappa shape index (κ2) is 8.49. The van der Waals surface area contributed by atoms with Gasteiger partial charge in [-0.3, -0.25) is 9.59 Å². The number of aromatic hydroxyl groups is 1. The van der Waals surface area contributed by atoms with Gasteiger partial charge in [-0.15, -0.1) is 11.3 Å². The van der Waals surface area contributed by atoms with Crippen molar-refractivity contribution in [2.24, 2.45) is 0 Å². The van der Waals surface area contributed by atoms with Crippen LogP contribution in [-0.4, -0.2) is 34.9 Å². The molecule has 1 aromatic heterocycles. The molecule has 0 spiro atoms. The van der Waals surface area contributed by atoms with Crippen molar-refractivity contribution in [3.05, 3.63) is 82.0 Å². The molecule has 2 amide bonds. The molecular formula is C23H22N2O3S. The van der Waals surface area contributed by atoms with Gasteiger partial charge in [0.2, 0.25) is 0 Å². The Hall–Kier alpha value is -3.12. The largest absolute Gasteiger partial charge is 0.508 e. The van der Waals surface area contributed by atoms with Crippen molar-refractivity contribution in [3.63, 3.8) is 0 Å². The normalized spacial score (nSPS) is 14.6. The first-order valence-corrected chi connectivity index (χ1v) is 10.5. The maximum atomic E-state index is 13.1. The van der Waals surface area contributed by atoms with Crippen LogP contribution in [0.1, 0.15) is 44.4 Å². The number of hydrogen-bond acceptors (Lipinski definition) is 4. The standard InChI is InChI=1S/C23H22N2O3S/c26-18-9-7-16(8-10-18)17-11-13-25(14-12-17)23(28)19-4-1-2-5-20(19)24-22(27)21-6-3-15-29-21/h1-10,15,17,26H,11-14H2,(H,24,27). The lowest BCUT2D eigenvalue weighted by molar-refractivity contribution is 0.0714. The van der Waals surface area contributed by atoms with Gasteiger partial charge in [0.1, 0.15) is 5.75 Å². The number of thiophene rings is 1. The molecule has 1 fully saturated rings. The SMILES string of the molecule is O=C(Nc1ccccc1C(=O)N1CCC(c2ccc(O)cc2)CC1)c1cccs1. The molecule has 1 saturated heterocycles. The minimum atomic E-state index is -0.203. The molecular weight excluding hydrogens is 384 g/mol. The summed E-state index contributed by atoms with van der Waals surface area (Å²) in [6.07, 6.45) is 1.75. The fourth-order valence-corrected chi connectivity index (χ4v) is 4.32. The number of piperidine rings is 1. The molecule has 0 bridgehead atoms. The molecule has 0 radical (unpaired) electrons. The fourth-order valence-electron chi connectivity index (χ4n) is 3.70. The predicted molar refractivity (Wildman–Crippen MR) is 115 cm³/mol. The molecule has 1 aliphatic rings. The van der Waals surface area contributed by atoms with Crippen LogP contribution < -0.4 is 5.32 Å². The number of para-hydroxylation sites is 1. The Kier molecular flexibility index (Phi) is 5.62. The van der Waals surface area contributed by atoms with E-state index >= 15 is 0 Å². The molecule has 0 saturated carbocycles. The zero-order chi connectivity index (χ0) is 20.2. The minimum Gasteiger partial charge on any atom is -0.508 e. The van der Waals surface area contributed by atoms with Crippen molar-refractivity contribution in [3.8, 4) is 5.75 Å². The Labute approximate surface area is 173 Å². The first kappa shape index (κ1) is 19.2. The average Bonchev–Trinajstić information content (AvgIpc) is 3.30. The van der Waals surface area contributed by atoms with E-state index in [0.717, 1.165) is 12.8 Å². The summed E-state index contributed by atoms with van der Waals surface area (Å²) in [7, 11) is 0. The third kappa shape index (κ3) is 4.32. The van der Waals surface area contributed by atoms with Gasteiger partial charge >= 0.3 is 0 Å². The van der Waals surface area contributed by atoms with E-state index in [0.29, 0.717) is 35.1 Å². The van der Waals surface area contributed by atoms with E-state index in [1.807, 2.05) is 40.6 Å². The first-order chi connectivity index (χ1) is 14.1. The van der Waals surface area contributed by atoms with Gasteiger partial charge in [0.05, 0.1) is 16.1 Å². The van der Waals surface area contributed by atoms with Gasteiger partial charge in [-0.2, -0.15) is 0 Å². The number of phenolic OH excluding ortho intramolecular Hbond substituents is 1. The van der Waals surface area contributed by atoms with Gasteiger partial charge in [-0.05, 0) is 60.0 Å². The Morgan fingerprint density at radius 1 is 0.966 bits per heavy atom. The number of carbonyl (C=O) groups excluding carboxylic acids is 2. The predicted octanol–water partition coefficient (Wildman–Crippen LogP) is 4.73. The molecule has 1 aliphatic heterocycles. The van der Waals surface area contributed by atoms with Crippen LogP contribution in [0.25, 0.3) is 0 Å². The van der Waals surface area contributed by atoms with E-state index in [9.17, 15) is 14.7 Å². The Morgan fingerprint density at radius 3 is 2.38 bits per heavy atom. The molecule has 2 heterocycles. The highest BCUT2D eigenvalue weighted by Crippen LogP contribution is 2.30. The van der Waals surface area contributed by atoms with Gasteiger partial charge in [0, 0.05) is 13.1 Å². The second-order valence-electron chi connectivity index (χ2n) is 7.14. The molecule has 5 nitrogen and oxygen atoms in total. The van der Waals surface area contributed by atoms with Crippen LogP contribution in [0.3, 0.4) is 0 Å². The number of amides is 2. The quantitative estimate of drug-likeness (QED) is 0.658. The van der Waals surface area contributed by atoms with E-state index in [2.05, 4.69) is 5.32 Å². The molecule has 2 N–H and O–H groups in total. The molecule has 148 valence electrons. The maximum Gasteiger partial charge on any atom is 0.265 e. The number of benzene rings is 2. The van der Waals surface area contributed by atoms with Crippen molar-refractivity contribution in [2.75, 3.05) is 18.4 Å². The number of likely N-dealkylation sites (tertiary alicyclic amines) is 1. The van der Waals surface area contributed by atoms with Gasteiger partial charge < -0.3 is 15.3 Å². The summed E-state index contributed by atoms with van der Waals surface area (Å²) in [5.74, 6) is 0.388. The molecule has 4 rings (SSSR count). The summed E-state index contributed by atoms with van der Waals surface area (Å²) in [6.45, 7) is 1.33. The summed E-state index contributed by atoms with van der Waals surface area (Å²) in [5, 5.41) is 14.2. The van der Waals surface area contributed by atoms with Crippen molar-refractivity contribution in [1.29, 1.82) is 0 Å². The minimum absolute atomic E-state index is 0.0590. The smallest absolute Gasteiger partial charge is 0.265 e. The second-order valence-corrected chi connectivity index (χ2v) is 8.08. The van der Waals surface area contributed by atoms with Crippen molar-refractivity contribution in [1.82, 2.24) is 4.90 Å². The van der Waals surface area contributed by atoms with E-state index < -0.39 is 0 Å². The topological polar surface area (TPSA) is 69.6 Å². The van der Waals surface area contributed by atoms with Crippen LogP contribution in [0.2, 0.25) is 0 Å². The van der Waals surface area contributed by atoms with Crippen LogP contribution >= 0.6 is 11.3 Å². The summed E-state index contributed by atoms with van der Waals surface area (Å²) in [5.41, 5.74) is 2.25. The fraction of sp³-hybridized carbons (Fsp3) is 0.217. The lowest BCUT2D eigenvalue weighted by atomic mass is 9.89. The molecule has 2 aromatic carbocycles. The first-order valence-electron chi connectivity index (χ1n) is 9.64. The molecule has 0 aliphatic carbocycles. The van der Waals surface area contributed by atoms with E-state index in [-0.39, 0.29) is 17.6 Å². The van der Waals surface area contributed by atoms with Gasteiger partial charge in [-0.25, -0.2) is 0 Å². The molecule has 29 heavy (non-hydrogen) atoms. The Bertz CT molecular complexity index is 991. The summed E-state index contributed by atoms with van der Waals surface area (Å²) < 4.78 is 0. The van der Waals surface area contributed by atoms with Gasteiger partial charge in [-0.1, -0.05) is 30.3 Å². The number of nitrogens with one attached hydrogen (secondary N) is 1. The van der Waals surface area contributed by atoms with E-state index in [1.54, 1.807) is 30.3 Å². The number of nitrogens with zero attached hydrogens (tertiary/aromatic N) is 1. The molecule has 0 atom stereocenters. The zero-order valence-corrected chi connectivity index (χ0v) is 16.7. The number of anilines is 1. The van der Waals surface area contributed by atoms with Crippen molar-refractivity contribution in [2.45, 2.75) is 18.8 Å². The molecule has 3 aromatic rings. The number of phenols is 1. The number of rotatable bonds is 4. The maximum absolute atomic E-state index is 13.1. The monoisotopic (exact) mass is 406 g/mol. The van der Waals surface area contributed by atoms with Gasteiger partial charge in [0.15, 0.2) is 0 Å². The number of carbonyl (C=O) groups is 2. The summed E-state index contributed by atoms with van der Waals surface area (Å²) in [6, 6.07) is 18.1. The highest BCUT2D eigenvalue weighted by Gasteiger charge is 2.26. The highest BCUT2D eigenvalue weighted by molar-refractivity contribution is 7.12. The Morgan fingerprint density at radius 2 is 1.69 bits per heavy atom. The zero-order valence-electron chi connectivity index (χ0n) is 15.9. The van der Waals surface area contributed by atoms with Crippen molar-refractivity contribution >= 4 is 28.8 Å². The van der Waals surface area contributed by atoms with Crippen LogP contribution in [0.4, 0.5) is 5.69 Å². The van der Waals surface area contributed by atoms with Crippen LogP contribution in [0.15, 0.2) is 66.0 Å².